The maximum Gasteiger partial charge on any atom is 0.308 e. The molecule has 4 heteroatoms. The molecule has 1 aromatic rings. The molecule has 1 saturated carbocycles. The Morgan fingerprint density at radius 3 is 2.43 bits per heavy atom. The van der Waals surface area contributed by atoms with Crippen LogP contribution in [0.2, 0.25) is 0 Å². The lowest BCUT2D eigenvalue weighted by molar-refractivity contribution is -0.152. The van der Waals surface area contributed by atoms with Crippen LogP contribution in [0.5, 0.6) is 0 Å². The zero-order valence-electron chi connectivity index (χ0n) is 13.5. The highest BCUT2D eigenvalue weighted by molar-refractivity contribution is 5.81. The lowest BCUT2D eigenvalue weighted by Crippen LogP contribution is -2.47. The summed E-state index contributed by atoms with van der Waals surface area (Å²) in [6, 6.07) is 9.35. The van der Waals surface area contributed by atoms with Crippen LogP contribution in [0.25, 0.3) is 0 Å². The zero-order chi connectivity index (χ0) is 16.2. The van der Waals surface area contributed by atoms with Crippen molar-refractivity contribution in [2.24, 2.45) is 11.8 Å². The van der Waals surface area contributed by atoms with Crippen molar-refractivity contribution in [3.05, 3.63) is 35.9 Å². The van der Waals surface area contributed by atoms with Gasteiger partial charge < -0.3 is 10.0 Å². The number of hydrogen-bond acceptors (Lipinski definition) is 2. The van der Waals surface area contributed by atoms with Gasteiger partial charge in [-0.2, -0.15) is 0 Å². The zero-order valence-corrected chi connectivity index (χ0v) is 13.5. The van der Waals surface area contributed by atoms with E-state index in [1.807, 2.05) is 35.2 Å². The Labute approximate surface area is 137 Å². The number of likely N-dealkylation sites (tertiary alicyclic amines) is 1. The molecule has 1 saturated heterocycles. The molecule has 0 spiro atoms. The van der Waals surface area contributed by atoms with Crippen LogP contribution >= 0.6 is 0 Å². The van der Waals surface area contributed by atoms with Crippen LogP contribution in [0.15, 0.2) is 30.3 Å². The second kappa shape index (κ2) is 7.16. The van der Waals surface area contributed by atoms with E-state index in [2.05, 4.69) is 0 Å². The number of carbonyl (C=O) groups is 2. The topological polar surface area (TPSA) is 57.6 Å². The molecule has 0 unspecified atom stereocenters. The molecular weight excluding hydrogens is 290 g/mol. The Balaban J connectivity index is 1.87. The number of nitrogens with zero attached hydrogens (tertiary/aromatic N) is 1. The molecule has 3 rings (SSSR count). The molecule has 1 aliphatic carbocycles. The first-order valence-corrected chi connectivity index (χ1v) is 8.74. The number of aliphatic carboxylic acids is 1. The number of piperidine rings is 1. The van der Waals surface area contributed by atoms with Crippen LogP contribution < -0.4 is 0 Å². The second-order valence-corrected chi connectivity index (χ2v) is 6.89. The van der Waals surface area contributed by atoms with Gasteiger partial charge in [0.25, 0.3) is 0 Å². The number of carboxylic acids is 1. The van der Waals surface area contributed by atoms with E-state index in [9.17, 15) is 14.7 Å². The molecule has 2 aliphatic rings. The summed E-state index contributed by atoms with van der Waals surface area (Å²) >= 11 is 0. The van der Waals surface area contributed by atoms with Crippen molar-refractivity contribution < 1.29 is 14.7 Å². The average Bonchev–Trinajstić information content (AvgIpc) is 2.58. The molecule has 1 aromatic carbocycles. The predicted octanol–water partition coefficient (Wildman–Crippen LogP) is 3.63. The quantitative estimate of drug-likeness (QED) is 0.923. The number of amides is 1. The standard InChI is InChI=1S/C19H25NO3/c21-17-12-11-16(19(22)23)18(15-9-5-2-6-10-15)20(17)13-14-7-3-1-4-8-14/h2,5-6,9-10,14,16,18H,1,3-4,7-8,11-13H2,(H,22,23)/t16-,18+/m0/s1. The monoisotopic (exact) mass is 315 g/mol. The van der Waals surface area contributed by atoms with E-state index in [-0.39, 0.29) is 11.9 Å². The lowest BCUT2D eigenvalue weighted by Gasteiger charge is -2.42. The summed E-state index contributed by atoms with van der Waals surface area (Å²) in [5.74, 6) is -0.660. The molecule has 1 N–H and O–H groups in total. The number of hydrogen-bond donors (Lipinski definition) is 1. The van der Waals surface area contributed by atoms with Crippen LogP contribution in [-0.4, -0.2) is 28.4 Å². The van der Waals surface area contributed by atoms with Gasteiger partial charge in [-0.25, -0.2) is 0 Å². The first-order valence-electron chi connectivity index (χ1n) is 8.74. The van der Waals surface area contributed by atoms with Gasteiger partial charge >= 0.3 is 5.97 Å². The normalized spacial score (nSPS) is 26.3. The molecule has 1 amide bonds. The SMILES string of the molecule is O=C(O)[C@H]1CCC(=O)N(CC2CCCCC2)[C@@H]1c1ccccc1. The van der Waals surface area contributed by atoms with Crippen molar-refractivity contribution in [2.45, 2.75) is 51.0 Å². The first-order chi connectivity index (χ1) is 11.2. The van der Waals surface area contributed by atoms with Crippen molar-refractivity contribution in [1.82, 2.24) is 4.90 Å². The van der Waals surface area contributed by atoms with Crippen molar-refractivity contribution in [3.63, 3.8) is 0 Å². The summed E-state index contributed by atoms with van der Waals surface area (Å²) in [6.07, 6.45) is 6.84. The molecular formula is C19H25NO3. The third kappa shape index (κ3) is 3.57. The Morgan fingerprint density at radius 2 is 1.78 bits per heavy atom. The first kappa shape index (κ1) is 16.0. The van der Waals surface area contributed by atoms with Gasteiger partial charge in [0.15, 0.2) is 0 Å². The van der Waals surface area contributed by atoms with E-state index in [0.717, 1.165) is 18.4 Å². The van der Waals surface area contributed by atoms with E-state index in [1.165, 1.54) is 19.3 Å². The summed E-state index contributed by atoms with van der Waals surface area (Å²) in [6.45, 7) is 0.710. The van der Waals surface area contributed by atoms with E-state index >= 15 is 0 Å². The largest absolute Gasteiger partial charge is 0.481 e. The summed E-state index contributed by atoms with van der Waals surface area (Å²) in [4.78, 5) is 26.2. The van der Waals surface area contributed by atoms with Gasteiger partial charge in [0.2, 0.25) is 5.91 Å². The van der Waals surface area contributed by atoms with Crippen LogP contribution in [0.1, 0.15) is 56.6 Å². The smallest absolute Gasteiger partial charge is 0.308 e. The van der Waals surface area contributed by atoms with Gasteiger partial charge in [-0.15, -0.1) is 0 Å². The van der Waals surface area contributed by atoms with Crippen molar-refractivity contribution in [1.29, 1.82) is 0 Å². The van der Waals surface area contributed by atoms with E-state index in [0.29, 0.717) is 25.3 Å². The van der Waals surface area contributed by atoms with Gasteiger partial charge in [0.1, 0.15) is 0 Å². The van der Waals surface area contributed by atoms with E-state index in [4.69, 9.17) is 0 Å². The van der Waals surface area contributed by atoms with Crippen molar-refractivity contribution in [3.8, 4) is 0 Å². The Bertz CT molecular complexity index is 551. The maximum absolute atomic E-state index is 12.6. The van der Waals surface area contributed by atoms with Crippen LogP contribution in [0, 0.1) is 11.8 Å². The maximum atomic E-state index is 12.6. The van der Waals surface area contributed by atoms with Gasteiger partial charge in [0.05, 0.1) is 12.0 Å². The third-order valence-corrected chi connectivity index (χ3v) is 5.34. The van der Waals surface area contributed by atoms with Gasteiger partial charge in [-0.1, -0.05) is 49.6 Å². The highest BCUT2D eigenvalue weighted by Gasteiger charge is 2.41. The highest BCUT2D eigenvalue weighted by atomic mass is 16.4. The molecule has 4 nitrogen and oxygen atoms in total. The van der Waals surface area contributed by atoms with E-state index < -0.39 is 11.9 Å². The molecule has 0 bridgehead atoms. The fraction of sp³-hybridized carbons (Fsp3) is 0.579. The van der Waals surface area contributed by atoms with Gasteiger partial charge in [0, 0.05) is 13.0 Å². The molecule has 1 heterocycles. The lowest BCUT2D eigenvalue weighted by atomic mass is 9.82. The molecule has 124 valence electrons. The van der Waals surface area contributed by atoms with E-state index in [1.54, 1.807) is 0 Å². The van der Waals surface area contributed by atoms with Crippen LogP contribution in [0.3, 0.4) is 0 Å². The number of carboxylic acid groups (broad SMARTS) is 1. The van der Waals surface area contributed by atoms with Crippen LogP contribution in [0.4, 0.5) is 0 Å². The predicted molar refractivity (Wildman–Crippen MR) is 87.8 cm³/mol. The van der Waals surface area contributed by atoms with Gasteiger partial charge in [-0.05, 0) is 30.7 Å². The number of rotatable bonds is 4. The molecule has 0 aromatic heterocycles. The summed E-state index contributed by atoms with van der Waals surface area (Å²) in [5, 5.41) is 9.64. The highest BCUT2D eigenvalue weighted by Crippen LogP contribution is 2.38. The molecule has 0 radical (unpaired) electrons. The number of benzene rings is 1. The number of carbonyl (C=O) groups excluding carboxylic acids is 1. The Morgan fingerprint density at radius 1 is 1.09 bits per heavy atom. The van der Waals surface area contributed by atoms with Crippen LogP contribution in [-0.2, 0) is 9.59 Å². The average molecular weight is 315 g/mol. The minimum Gasteiger partial charge on any atom is -0.481 e. The Hall–Kier alpha value is -1.84. The molecule has 1 aliphatic heterocycles. The summed E-state index contributed by atoms with van der Waals surface area (Å²) in [7, 11) is 0. The molecule has 2 fully saturated rings. The summed E-state index contributed by atoms with van der Waals surface area (Å²) < 4.78 is 0. The fourth-order valence-corrected chi connectivity index (χ4v) is 4.14. The van der Waals surface area contributed by atoms with Crippen molar-refractivity contribution >= 4 is 11.9 Å². The minimum atomic E-state index is -0.792. The fourth-order valence-electron chi connectivity index (χ4n) is 4.14. The minimum absolute atomic E-state index is 0.113. The molecule has 2 atom stereocenters. The third-order valence-electron chi connectivity index (χ3n) is 5.34. The summed E-state index contributed by atoms with van der Waals surface area (Å²) in [5.41, 5.74) is 0.948. The Kier molecular flexibility index (Phi) is 4.99. The second-order valence-electron chi connectivity index (χ2n) is 6.89. The van der Waals surface area contributed by atoms with Gasteiger partial charge in [-0.3, -0.25) is 9.59 Å². The molecule has 23 heavy (non-hydrogen) atoms. The van der Waals surface area contributed by atoms with Crippen molar-refractivity contribution in [2.75, 3.05) is 6.54 Å².